The number of fused-ring (bicyclic) bond motifs is 6. The average Bonchev–Trinajstić information content (AvgIpc) is 4.03. The topological polar surface area (TPSA) is 6.48 Å². The fourth-order valence-electron chi connectivity index (χ4n) is 12.4. The van der Waals surface area contributed by atoms with Crippen LogP contribution in [0.4, 0.5) is 34.1 Å². The first-order chi connectivity index (χ1) is 36.2. The third-order valence-electron chi connectivity index (χ3n) is 16.5. The van der Waals surface area contributed by atoms with Crippen LogP contribution in [0.25, 0.3) is 85.9 Å². The Morgan fingerprint density at radius 1 is 0.338 bits per heavy atom. The average molecular weight is 967 g/mol. The van der Waals surface area contributed by atoms with E-state index in [1.54, 1.807) is 0 Å². The third-order valence-corrected chi connectivity index (χ3v) is 17.7. The zero-order valence-corrected chi connectivity index (χ0v) is 43.5. The number of aryl methyl sites for hydroxylation is 4. The molecule has 0 bridgehead atoms. The molecule has 0 amide bonds. The van der Waals surface area contributed by atoms with Gasteiger partial charge in [-0.15, -0.1) is 11.3 Å². The maximum absolute atomic E-state index is 2.57. The monoisotopic (exact) mass is 966 g/mol. The number of anilines is 6. The lowest BCUT2D eigenvalue weighted by Gasteiger charge is -2.32. The Balaban J connectivity index is 1.15. The van der Waals surface area contributed by atoms with Crippen molar-refractivity contribution in [2.45, 2.75) is 48.0 Å². The van der Waals surface area contributed by atoms with Gasteiger partial charge in [0.05, 0.1) is 27.4 Å². The van der Waals surface area contributed by atoms with Crippen LogP contribution in [0.1, 0.15) is 44.5 Å². The summed E-state index contributed by atoms with van der Waals surface area (Å²) in [4.78, 5) is 5.12. The van der Waals surface area contributed by atoms with E-state index in [0.29, 0.717) is 0 Å². The molecule has 2 nitrogen and oxygen atoms in total. The van der Waals surface area contributed by atoms with Crippen molar-refractivity contribution in [3.05, 3.63) is 251 Å². The molecule has 0 atom stereocenters. The van der Waals surface area contributed by atoms with Gasteiger partial charge in [0.1, 0.15) is 0 Å². The zero-order chi connectivity index (χ0) is 49.9. The van der Waals surface area contributed by atoms with Crippen LogP contribution in [0.2, 0.25) is 0 Å². The molecule has 0 fully saturated rings. The minimum absolute atomic E-state index is 0.879. The summed E-state index contributed by atoms with van der Waals surface area (Å²) in [7, 11) is 0. The lowest BCUT2D eigenvalue weighted by atomic mass is 9.84. The molecule has 12 aromatic carbocycles. The summed E-state index contributed by atoms with van der Waals surface area (Å²) in [6.45, 7) is 13.6. The molecular formula is C71H54N2S. The first-order valence-electron chi connectivity index (χ1n) is 26.0. The summed E-state index contributed by atoms with van der Waals surface area (Å²) in [5.74, 6) is 0. The highest BCUT2D eigenvalue weighted by molar-refractivity contribution is 7.26. The third kappa shape index (κ3) is 6.76. The van der Waals surface area contributed by atoms with Crippen molar-refractivity contribution in [2.75, 3.05) is 9.80 Å². The van der Waals surface area contributed by atoms with Crippen LogP contribution in [0, 0.1) is 41.5 Å². The smallest absolute Gasteiger partial charge is 0.0640 e. The van der Waals surface area contributed by atoms with E-state index in [1.807, 2.05) is 11.3 Å². The maximum atomic E-state index is 2.57. The van der Waals surface area contributed by atoms with E-state index in [-0.39, 0.29) is 0 Å². The molecule has 0 saturated heterocycles. The Morgan fingerprint density at radius 3 is 1.39 bits per heavy atom. The molecule has 74 heavy (non-hydrogen) atoms. The van der Waals surface area contributed by atoms with E-state index >= 15 is 0 Å². The van der Waals surface area contributed by atoms with Gasteiger partial charge in [-0.25, -0.2) is 0 Å². The molecule has 1 aliphatic carbocycles. The fourth-order valence-corrected chi connectivity index (χ4v) is 13.6. The van der Waals surface area contributed by atoms with E-state index in [0.717, 1.165) is 29.2 Å². The van der Waals surface area contributed by atoms with Crippen LogP contribution in [-0.4, -0.2) is 0 Å². The minimum atomic E-state index is 0.879. The van der Waals surface area contributed by atoms with Crippen LogP contribution in [0.15, 0.2) is 206 Å². The van der Waals surface area contributed by atoms with Gasteiger partial charge in [-0.3, -0.25) is 0 Å². The van der Waals surface area contributed by atoms with Crippen LogP contribution in [0.3, 0.4) is 0 Å². The van der Waals surface area contributed by atoms with Gasteiger partial charge in [0.25, 0.3) is 0 Å². The van der Waals surface area contributed by atoms with Crippen molar-refractivity contribution in [3.8, 4) is 33.4 Å². The standard InChI is InChI=1S/C71H54N2S/c1-42-35-49(36-43(2)46(42)5)61-40-66(72(51-20-9-7-10-21-51)64-28-17-26-54-53-24-14-13-19-48(53)39-63(54)64)59-33-31-57-62(50-37-44(3)47(6)45(4)38-50)41-67(60-34-32-56(61)69(59)70(57)60)73(52-22-11-8-12-23-52)65-29-18-27-58-55-25-15-16-30-68(55)74-71(58)65/h7-38,40-41H,39H2,1-6H3. The summed E-state index contributed by atoms with van der Waals surface area (Å²) >= 11 is 1.89. The largest absolute Gasteiger partial charge is 0.310 e. The molecule has 0 aliphatic heterocycles. The first-order valence-corrected chi connectivity index (χ1v) is 26.8. The molecule has 1 aliphatic rings. The van der Waals surface area contributed by atoms with E-state index in [9.17, 15) is 0 Å². The number of hydrogen-bond acceptors (Lipinski definition) is 3. The second kappa shape index (κ2) is 17.1. The number of benzene rings is 12. The van der Waals surface area contributed by atoms with E-state index in [2.05, 4.69) is 258 Å². The Labute approximate surface area is 437 Å². The molecule has 0 saturated carbocycles. The van der Waals surface area contributed by atoms with Gasteiger partial charge in [0.15, 0.2) is 0 Å². The molecule has 0 radical (unpaired) electrons. The predicted molar refractivity (Wildman–Crippen MR) is 320 cm³/mol. The number of nitrogens with zero attached hydrogens (tertiary/aromatic N) is 2. The van der Waals surface area contributed by atoms with Crippen LogP contribution in [0.5, 0.6) is 0 Å². The lowest BCUT2D eigenvalue weighted by molar-refractivity contribution is 1.20. The second-order valence-corrected chi connectivity index (χ2v) is 21.7. The summed E-state index contributed by atoms with van der Waals surface area (Å²) < 4.78 is 2.57. The van der Waals surface area contributed by atoms with Gasteiger partial charge in [-0.05, 0) is 185 Å². The van der Waals surface area contributed by atoms with Crippen LogP contribution in [-0.2, 0) is 6.42 Å². The Morgan fingerprint density at radius 2 is 0.797 bits per heavy atom. The molecule has 354 valence electrons. The molecule has 14 rings (SSSR count). The van der Waals surface area contributed by atoms with Crippen molar-refractivity contribution >= 4 is 98.0 Å². The molecule has 3 heteroatoms. The van der Waals surface area contributed by atoms with Gasteiger partial charge < -0.3 is 9.80 Å². The Bertz CT molecular complexity index is 4360. The quantitative estimate of drug-likeness (QED) is 0.140. The normalized spacial score (nSPS) is 12.1. The SMILES string of the molecule is Cc1cc(-c2cc(N(c3ccccc3)c3cccc4c3Cc3ccccc3-4)c3ccc4c(-c5cc(C)c(C)c(C)c5)cc(N(c5ccccc5)c5cccc6c5sc5ccccc56)c5ccc2c3c45)cc(C)c1C. The van der Waals surface area contributed by atoms with Gasteiger partial charge in [0.2, 0.25) is 0 Å². The van der Waals surface area contributed by atoms with Gasteiger partial charge in [0, 0.05) is 54.8 Å². The highest BCUT2D eigenvalue weighted by Gasteiger charge is 2.30. The number of thiophene rings is 1. The second-order valence-electron chi connectivity index (χ2n) is 20.7. The molecule has 0 N–H and O–H groups in total. The molecule has 13 aromatic rings. The highest BCUT2D eigenvalue weighted by Crippen LogP contribution is 2.55. The molecule has 0 unspecified atom stereocenters. The van der Waals surface area contributed by atoms with E-state index in [4.69, 9.17) is 0 Å². The van der Waals surface area contributed by atoms with Crippen molar-refractivity contribution in [2.24, 2.45) is 0 Å². The number of hydrogen-bond donors (Lipinski definition) is 0. The van der Waals surface area contributed by atoms with E-state index < -0.39 is 0 Å². The maximum Gasteiger partial charge on any atom is 0.0640 e. The first kappa shape index (κ1) is 44.2. The zero-order valence-electron chi connectivity index (χ0n) is 42.6. The Hall–Kier alpha value is -8.50. The fraction of sp³-hybridized carbons (Fsp3) is 0.0986. The predicted octanol–water partition coefficient (Wildman–Crippen LogP) is 20.6. The molecule has 0 spiro atoms. The van der Waals surface area contributed by atoms with Crippen molar-refractivity contribution in [1.82, 2.24) is 0 Å². The summed E-state index contributed by atoms with van der Waals surface area (Å²) in [5, 5.41) is 10.1. The van der Waals surface area contributed by atoms with Crippen molar-refractivity contribution in [3.63, 3.8) is 0 Å². The number of rotatable bonds is 8. The van der Waals surface area contributed by atoms with Crippen molar-refractivity contribution in [1.29, 1.82) is 0 Å². The molecular weight excluding hydrogens is 913 g/mol. The van der Waals surface area contributed by atoms with Gasteiger partial charge in [-0.2, -0.15) is 0 Å². The number of para-hydroxylation sites is 2. The molecule has 1 aromatic heterocycles. The van der Waals surface area contributed by atoms with E-state index in [1.165, 1.54) is 142 Å². The highest BCUT2D eigenvalue weighted by atomic mass is 32.1. The van der Waals surface area contributed by atoms with Crippen LogP contribution < -0.4 is 9.80 Å². The van der Waals surface area contributed by atoms with Crippen LogP contribution >= 0.6 is 11.3 Å². The van der Waals surface area contributed by atoms with Crippen molar-refractivity contribution < 1.29 is 0 Å². The lowest BCUT2D eigenvalue weighted by Crippen LogP contribution is -2.13. The minimum Gasteiger partial charge on any atom is -0.310 e. The Kier molecular flexibility index (Phi) is 10.2. The summed E-state index contributed by atoms with van der Waals surface area (Å²) in [6.07, 6.45) is 0.879. The van der Waals surface area contributed by atoms with Gasteiger partial charge >= 0.3 is 0 Å². The summed E-state index contributed by atoms with van der Waals surface area (Å²) in [5.41, 5.74) is 25.1. The van der Waals surface area contributed by atoms with Gasteiger partial charge in [-0.1, -0.05) is 152 Å². The molecule has 1 heterocycles. The summed E-state index contributed by atoms with van der Waals surface area (Å²) in [6, 6.07) is 78.1.